The summed E-state index contributed by atoms with van der Waals surface area (Å²) in [6, 6.07) is 12.1. The molecule has 0 unspecified atom stereocenters. The van der Waals surface area contributed by atoms with Crippen molar-refractivity contribution in [3.05, 3.63) is 76.8 Å². The van der Waals surface area contributed by atoms with Crippen molar-refractivity contribution in [2.45, 2.75) is 6.92 Å². The number of amides is 2. The number of rotatable bonds is 9. The Morgan fingerprint density at radius 1 is 1.06 bits per heavy atom. The summed E-state index contributed by atoms with van der Waals surface area (Å²) in [5.41, 5.74) is 2.07. The van der Waals surface area contributed by atoms with E-state index in [9.17, 15) is 18.8 Å². The Balaban J connectivity index is 1.68. The first-order chi connectivity index (χ1) is 16.3. The number of ether oxygens (including phenoxy) is 3. The fourth-order valence-electron chi connectivity index (χ4n) is 3.39. The molecule has 8 nitrogen and oxygen atoms in total. The van der Waals surface area contributed by atoms with Crippen LogP contribution in [0.2, 0.25) is 0 Å². The van der Waals surface area contributed by atoms with E-state index < -0.39 is 17.7 Å². The van der Waals surface area contributed by atoms with Gasteiger partial charge in [0.2, 0.25) is 0 Å². The molecule has 1 aliphatic rings. The summed E-state index contributed by atoms with van der Waals surface area (Å²) in [5.74, 6) is -1.25. The van der Waals surface area contributed by atoms with E-state index in [1.54, 1.807) is 37.3 Å². The van der Waals surface area contributed by atoms with Crippen LogP contribution < -0.4 is 10.1 Å². The summed E-state index contributed by atoms with van der Waals surface area (Å²) in [6.07, 6.45) is 1.61. The van der Waals surface area contributed by atoms with Crippen molar-refractivity contribution < 1.29 is 33.0 Å². The molecule has 1 heterocycles. The van der Waals surface area contributed by atoms with E-state index in [1.807, 2.05) is 0 Å². The predicted octanol–water partition coefficient (Wildman–Crippen LogP) is 3.16. The van der Waals surface area contributed by atoms with Crippen molar-refractivity contribution >= 4 is 29.5 Å². The fourth-order valence-corrected chi connectivity index (χ4v) is 3.39. The number of carbonyl (C=O) groups is 3. The molecule has 178 valence electrons. The minimum Gasteiger partial charge on any atom is -0.484 e. The molecular weight excluding hydrogens is 443 g/mol. The average molecular weight is 468 g/mol. The molecule has 0 bridgehead atoms. The van der Waals surface area contributed by atoms with Crippen LogP contribution in [-0.2, 0) is 23.9 Å². The third-order valence-electron chi connectivity index (χ3n) is 5.11. The maximum Gasteiger partial charge on any atom is 0.340 e. The highest BCUT2D eigenvalue weighted by molar-refractivity contribution is 6.16. The Bertz CT molecular complexity index is 1120. The number of nitrogens with one attached hydrogen (secondary N) is 1. The predicted molar refractivity (Wildman–Crippen MR) is 123 cm³/mol. The molecule has 34 heavy (non-hydrogen) atoms. The Morgan fingerprint density at radius 3 is 2.35 bits per heavy atom. The van der Waals surface area contributed by atoms with E-state index in [4.69, 9.17) is 14.2 Å². The Hall–Kier alpha value is -3.98. The smallest absolute Gasteiger partial charge is 0.340 e. The number of carbonyl (C=O) groups excluding carboxylic acids is 3. The number of allylic oxidation sites excluding steroid dienone is 1. The number of esters is 1. The molecule has 0 aromatic heterocycles. The van der Waals surface area contributed by atoms with Gasteiger partial charge in [-0.05, 0) is 55.0 Å². The van der Waals surface area contributed by atoms with Gasteiger partial charge in [-0.15, -0.1) is 0 Å². The zero-order valence-electron chi connectivity index (χ0n) is 19.1. The number of nitrogens with zero attached hydrogens (tertiary/aromatic N) is 1. The standard InChI is InChI=1S/C25H25FN2O6/c1-16-23(25(31)33-3)21(24(30)28(16)12-13-32-2)14-17-4-10-20(11-5-17)34-15-22(29)27-19-8-6-18(26)7-9-19/h4-11,14H,12-13,15H2,1-3H3,(H,27,29). The lowest BCUT2D eigenvalue weighted by molar-refractivity contribution is -0.136. The average Bonchev–Trinajstić information content (AvgIpc) is 3.07. The lowest BCUT2D eigenvalue weighted by Crippen LogP contribution is -2.28. The lowest BCUT2D eigenvalue weighted by atomic mass is 10.0. The first-order valence-corrected chi connectivity index (χ1v) is 10.4. The maximum absolute atomic E-state index is 12.9. The number of hydrogen-bond acceptors (Lipinski definition) is 6. The Kier molecular flexibility index (Phi) is 8.15. The van der Waals surface area contributed by atoms with Crippen molar-refractivity contribution in [1.82, 2.24) is 4.90 Å². The van der Waals surface area contributed by atoms with Gasteiger partial charge in [0.25, 0.3) is 11.8 Å². The van der Waals surface area contributed by atoms with Crippen molar-refractivity contribution in [3.63, 3.8) is 0 Å². The second-order valence-electron chi connectivity index (χ2n) is 7.37. The van der Waals surface area contributed by atoms with Gasteiger partial charge in [-0.1, -0.05) is 12.1 Å². The van der Waals surface area contributed by atoms with Crippen LogP contribution in [0, 0.1) is 5.82 Å². The fraction of sp³-hybridized carbons (Fsp3) is 0.240. The van der Waals surface area contributed by atoms with Gasteiger partial charge in [0, 0.05) is 25.0 Å². The topological polar surface area (TPSA) is 94.2 Å². The number of halogens is 1. The summed E-state index contributed by atoms with van der Waals surface area (Å²) in [5, 5.41) is 2.61. The minimum absolute atomic E-state index is 0.210. The third-order valence-corrected chi connectivity index (χ3v) is 5.11. The molecule has 0 spiro atoms. The molecule has 0 radical (unpaired) electrons. The van der Waals surface area contributed by atoms with Gasteiger partial charge in [0.1, 0.15) is 11.6 Å². The van der Waals surface area contributed by atoms with E-state index in [1.165, 1.54) is 43.4 Å². The SMILES string of the molecule is COCCN1C(=O)C(=Cc2ccc(OCC(=O)Nc3ccc(F)cc3)cc2)C(C(=O)OC)=C1C. The van der Waals surface area contributed by atoms with Crippen LogP contribution >= 0.6 is 0 Å². The van der Waals surface area contributed by atoms with Crippen LogP contribution in [0.4, 0.5) is 10.1 Å². The van der Waals surface area contributed by atoms with Crippen LogP contribution in [0.5, 0.6) is 5.75 Å². The molecule has 2 amide bonds. The zero-order valence-corrected chi connectivity index (χ0v) is 19.1. The Morgan fingerprint density at radius 2 is 1.74 bits per heavy atom. The lowest BCUT2D eigenvalue weighted by Gasteiger charge is -2.16. The van der Waals surface area contributed by atoms with E-state index in [0.717, 1.165) is 0 Å². The summed E-state index contributed by atoms with van der Waals surface area (Å²) in [6.45, 7) is 2.09. The van der Waals surface area contributed by atoms with Gasteiger partial charge in [-0.2, -0.15) is 0 Å². The molecule has 3 rings (SSSR count). The van der Waals surface area contributed by atoms with Gasteiger partial charge < -0.3 is 24.4 Å². The van der Waals surface area contributed by atoms with Crippen LogP contribution in [0.15, 0.2) is 65.4 Å². The van der Waals surface area contributed by atoms with Crippen LogP contribution in [0.3, 0.4) is 0 Å². The second-order valence-corrected chi connectivity index (χ2v) is 7.37. The molecule has 9 heteroatoms. The molecule has 0 atom stereocenters. The highest BCUT2D eigenvalue weighted by Gasteiger charge is 2.36. The molecule has 0 saturated heterocycles. The first kappa shape index (κ1) is 24.7. The van der Waals surface area contributed by atoms with E-state index in [0.29, 0.717) is 35.8 Å². The van der Waals surface area contributed by atoms with Gasteiger partial charge in [0.15, 0.2) is 6.61 Å². The molecule has 0 aliphatic carbocycles. The molecule has 0 saturated carbocycles. The molecule has 1 N–H and O–H groups in total. The first-order valence-electron chi connectivity index (χ1n) is 10.4. The molecule has 2 aromatic rings. The maximum atomic E-state index is 12.9. The zero-order chi connectivity index (χ0) is 24.7. The third kappa shape index (κ3) is 5.87. The van der Waals surface area contributed by atoms with Gasteiger partial charge in [-0.3, -0.25) is 9.59 Å². The van der Waals surface area contributed by atoms with E-state index >= 15 is 0 Å². The normalized spacial score (nSPS) is 14.5. The highest BCUT2D eigenvalue weighted by atomic mass is 19.1. The van der Waals surface area contributed by atoms with Gasteiger partial charge in [-0.25, -0.2) is 9.18 Å². The highest BCUT2D eigenvalue weighted by Crippen LogP contribution is 2.31. The second kappa shape index (κ2) is 11.2. The molecule has 0 fully saturated rings. The monoisotopic (exact) mass is 468 g/mol. The summed E-state index contributed by atoms with van der Waals surface area (Å²) >= 11 is 0. The summed E-state index contributed by atoms with van der Waals surface area (Å²) < 4.78 is 28.4. The number of methoxy groups -OCH3 is 2. The summed E-state index contributed by atoms with van der Waals surface area (Å²) in [4.78, 5) is 38.8. The van der Waals surface area contributed by atoms with E-state index in [2.05, 4.69) is 5.32 Å². The van der Waals surface area contributed by atoms with Crippen molar-refractivity contribution in [3.8, 4) is 5.75 Å². The quantitative estimate of drug-likeness (QED) is 0.449. The van der Waals surface area contributed by atoms with E-state index in [-0.39, 0.29) is 23.7 Å². The Labute approximate surface area is 196 Å². The van der Waals surface area contributed by atoms with Crippen molar-refractivity contribution in [1.29, 1.82) is 0 Å². The number of anilines is 1. The minimum atomic E-state index is -0.593. The molecule has 1 aliphatic heterocycles. The molecular formula is C25H25FN2O6. The van der Waals surface area contributed by atoms with Crippen LogP contribution in [-0.4, -0.2) is 56.7 Å². The van der Waals surface area contributed by atoms with Crippen molar-refractivity contribution in [2.24, 2.45) is 0 Å². The van der Waals surface area contributed by atoms with Crippen LogP contribution in [0.25, 0.3) is 6.08 Å². The number of hydrogen-bond donors (Lipinski definition) is 1. The summed E-state index contributed by atoms with van der Waals surface area (Å²) in [7, 11) is 2.80. The van der Waals surface area contributed by atoms with Crippen LogP contribution in [0.1, 0.15) is 12.5 Å². The van der Waals surface area contributed by atoms with Gasteiger partial charge >= 0.3 is 5.97 Å². The largest absolute Gasteiger partial charge is 0.484 e. The number of benzene rings is 2. The molecule has 2 aromatic carbocycles. The van der Waals surface area contributed by atoms with Crippen molar-refractivity contribution in [2.75, 3.05) is 39.3 Å². The van der Waals surface area contributed by atoms with Gasteiger partial charge in [0.05, 0.1) is 24.9 Å².